The molecule has 0 unspecified atom stereocenters. The molecule has 1 rings (SSSR count). The third-order valence-corrected chi connectivity index (χ3v) is 3.99. The predicted molar refractivity (Wildman–Crippen MR) is 85.0 cm³/mol. The lowest BCUT2D eigenvalue weighted by Gasteiger charge is -2.25. The van der Waals surface area contributed by atoms with E-state index in [4.69, 9.17) is 5.11 Å². The molecule has 0 saturated carbocycles. The summed E-state index contributed by atoms with van der Waals surface area (Å²) in [6.45, 7) is 9.75. The van der Waals surface area contributed by atoms with Crippen LogP contribution < -0.4 is 5.32 Å². The molecule has 1 aromatic heterocycles. The summed E-state index contributed by atoms with van der Waals surface area (Å²) in [4.78, 5) is 23.1. The quantitative estimate of drug-likeness (QED) is 0.773. The minimum absolute atomic E-state index is 0.0271. The molecule has 0 aliphatic rings. The molecule has 0 bridgehead atoms. The summed E-state index contributed by atoms with van der Waals surface area (Å²) < 4.78 is 1.90. The fourth-order valence-electron chi connectivity index (χ4n) is 2.51. The van der Waals surface area contributed by atoms with E-state index in [-0.39, 0.29) is 12.3 Å². The fraction of sp³-hybridized carbons (Fsp3) is 0.688. The van der Waals surface area contributed by atoms with Gasteiger partial charge in [0.1, 0.15) is 0 Å². The van der Waals surface area contributed by atoms with E-state index in [9.17, 15) is 9.59 Å². The lowest BCUT2D eigenvalue weighted by atomic mass is 9.98. The van der Waals surface area contributed by atoms with Crippen molar-refractivity contribution in [1.82, 2.24) is 15.1 Å². The van der Waals surface area contributed by atoms with E-state index in [2.05, 4.69) is 24.3 Å². The molecule has 0 aromatic carbocycles. The molecule has 0 aliphatic carbocycles. The SMILES string of the molecule is CCC(CC)n1ncc(C(=O)NC(C)(C)CCC(=O)O)c1C. The maximum absolute atomic E-state index is 12.4. The Labute approximate surface area is 131 Å². The van der Waals surface area contributed by atoms with Crippen molar-refractivity contribution < 1.29 is 14.7 Å². The van der Waals surface area contributed by atoms with E-state index in [1.54, 1.807) is 6.20 Å². The zero-order valence-electron chi connectivity index (χ0n) is 14.1. The van der Waals surface area contributed by atoms with Gasteiger partial charge in [0.15, 0.2) is 0 Å². The van der Waals surface area contributed by atoms with Crippen molar-refractivity contribution in [3.05, 3.63) is 17.5 Å². The molecule has 6 nitrogen and oxygen atoms in total. The van der Waals surface area contributed by atoms with Crippen LogP contribution in [0, 0.1) is 6.92 Å². The van der Waals surface area contributed by atoms with Crippen molar-refractivity contribution in [2.45, 2.75) is 71.9 Å². The van der Waals surface area contributed by atoms with Crippen molar-refractivity contribution in [2.24, 2.45) is 0 Å². The fourth-order valence-corrected chi connectivity index (χ4v) is 2.51. The standard InChI is InChI=1S/C16H27N3O3/c1-6-12(7-2)19-11(3)13(10-17-19)15(22)18-16(4,5)9-8-14(20)21/h10,12H,6-9H2,1-5H3,(H,18,22)(H,20,21). The molecule has 0 aliphatic heterocycles. The van der Waals surface area contributed by atoms with Gasteiger partial charge in [0.2, 0.25) is 0 Å². The van der Waals surface area contributed by atoms with Crippen LogP contribution in [0.3, 0.4) is 0 Å². The Morgan fingerprint density at radius 1 is 1.36 bits per heavy atom. The van der Waals surface area contributed by atoms with E-state index in [1.807, 2.05) is 25.5 Å². The molecular formula is C16H27N3O3. The van der Waals surface area contributed by atoms with E-state index in [0.717, 1.165) is 18.5 Å². The zero-order valence-corrected chi connectivity index (χ0v) is 14.1. The molecule has 124 valence electrons. The molecule has 6 heteroatoms. The highest BCUT2D eigenvalue weighted by Crippen LogP contribution is 2.20. The lowest BCUT2D eigenvalue weighted by molar-refractivity contribution is -0.137. The largest absolute Gasteiger partial charge is 0.481 e. The maximum atomic E-state index is 12.4. The van der Waals surface area contributed by atoms with E-state index >= 15 is 0 Å². The van der Waals surface area contributed by atoms with Crippen LogP contribution in [0.25, 0.3) is 0 Å². The number of aromatic nitrogens is 2. The number of rotatable bonds is 8. The Bertz CT molecular complexity index is 531. The molecule has 0 saturated heterocycles. The van der Waals surface area contributed by atoms with Crippen LogP contribution in [0.5, 0.6) is 0 Å². The molecule has 0 atom stereocenters. The van der Waals surface area contributed by atoms with Gasteiger partial charge in [-0.1, -0.05) is 13.8 Å². The summed E-state index contributed by atoms with van der Waals surface area (Å²) in [6, 6.07) is 0.293. The van der Waals surface area contributed by atoms with Gasteiger partial charge in [-0.15, -0.1) is 0 Å². The second-order valence-electron chi connectivity index (χ2n) is 6.29. The van der Waals surface area contributed by atoms with Gasteiger partial charge in [-0.05, 0) is 40.0 Å². The highest BCUT2D eigenvalue weighted by atomic mass is 16.4. The zero-order chi connectivity index (χ0) is 16.9. The molecular weight excluding hydrogens is 282 g/mol. The van der Waals surface area contributed by atoms with Gasteiger partial charge in [0.25, 0.3) is 5.91 Å². The third kappa shape index (κ3) is 4.58. The topological polar surface area (TPSA) is 84.2 Å². The molecule has 1 aromatic rings. The van der Waals surface area contributed by atoms with E-state index in [1.165, 1.54) is 0 Å². The summed E-state index contributed by atoms with van der Waals surface area (Å²) in [5.41, 5.74) is 0.828. The molecule has 0 spiro atoms. The van der Waals surface area contributed by atoms with Crippen molar-refractivity contribution in [3.8, 4) is 0 Å². The van der Waals surface area contributed by atoms with Crippen LogP contribution in [-0.2, 0) is 4.79 Å². The smallest absolute Gasteiger partial charge is 0.303 e. The van der Waals surface area contributed by atoms with Gasteiger partial charge in [-0.2, -0.15) is 5.10 Å². The number of aliphatic carboxylic acids is 1. The third-order valence-electron chi connectivity index (χ3n) is 3.99. The first kappa shape index (κ1) is 18.2. The lowest BCUT2D eigenvalue weighted by Crippen LogP contribution is -2.43. The van der Waals surface area contributed by atoms with Gasteiger partial charge in [-0.25, -0.2) is 0 Å². The summed E-state index contributed by atoms with van der Waals surface area (Å²) in [5.74, 6) is -1.06. The number of carbonyl (C=O) groups excluding carboxylic acids is 1. The first-order valence-corrected chi connectivity index (χ1v) is 7.80. The molecule has 22 heavy (non-hydrogen) atoms. The minimum atomic E-state index is -0.861. The van der Waals surface area contributed by atoms with Crippen LogP contribution in [-0.4, -0.2) is 32.3 Å². The number of amides is 1. The number of hydrogen-bond acceptors (Lipinski definition) is 3. The number of carboxylic acid groups (broad SMARTS) is 1. The predicted octanol–water partition coefficient (Wildman–Crippen LogP) is 2.93. The van der Waals surface area contributed by atoms with Crippen molar-refractivity contribution >= 4 is 11.9 Å². The van der Waals surface area contributed by atoms with Crippen LogP contribution >= 0.6 is 0 Å². The van der Waals surface area contributed by atoms with E-state index < -0.39 is 11.5 Å². The average molecular weight is 309 g/mol. The Kier molecular flexibility index (Phi) is 6.14. The van der Waals surface area contributed by atoms with Crippen molar-refractivity contribution in [3.63, 3.8) is 0 Å². The first-order chi connectivity index (χ1) is 10.2. The Morgan fingerprint density at radius 2 is 1.95 bits per heavy atom. The van der Waals surface area contributed by atoms with Gasteiger partial charge < -0.3 is 10.4 Å². The Morgan fingerprint density at radius 3 is 2.45 bits per heavy atom. The first-order valence-electron chi connectivity index (χ1n) is 7.80. The van der Waals surface area contributed by atoms with Crippen LogP contribution in [0.1, 0.15) is 75.5 Å². The second-order valence-corrected chi connectivity index (χ2v) is 6.29. The number of carboxylic acids is 1. The molecule has 1 amide bonds. The van der Waals surface area contributed by atoms with Crippen molar-refractivity contribution in [1.29, 1.82) is 0 Å². The molecule has 1 heterocycles. The molecule has 0 radical (unpaired) electrons. The average Bonchev–Trinajstić information content (AvgIpc) is 2.80. The Hall–Kier alpha value is -1.85. The Balaban J connectivity index is 2.84. The number of hydrogen-bond donors (Lipinski definition) is 2. The monoisotopic (exact) mass is 309 g/mol. The number of nitrogens with one attached hydrogen (secondary N) is 1. The van der Waals surface area contributed by atoms with Crippen LogP contribution in [0.4, 0.5) is 0 Å². The molecule has 0 fully saturated rings. The summed E-state index contributed by atoms with van der Waals surface area (Å²) in [7, 11) is 0. The maximum Gasteiger partial charge on any atom is 0.303 e. The van der Waals surface area contributed by atoms with Crippen LogP contribution in [0.15, 0.2) is 6.20 Å². The number of nitrogens with zero attached hydrogens (tertiary/aromatic N) is 2. The van der Waals surface area contributed by atoms with Gasteiger partial charge in [0.05, 0.1) is 17.8 Å². The normalized spacial score (nSPS) is 11.7. The van der Waals surface area contributed by atoms with Gasteiger partial charge in [0, 0.05) is 17.7 Å². The minimum Gasteiger partial charge on any atom is -0.481 e. The van der Waals surface area contributed by atoms with Gasteiger partial charge >= 0.3 is 5.97 Å². The number of carbonyl (C=O) groups is 2. The highest BCUT2D eigenvalue weighted by molar-refractivity contribution is 5.95. The second kappa shape index (κ2) is 7.42. The summed E-state index contributed by atoms with van der Waals surface area (Å²) in [6.07, 6.45) is 3.93. The van der Waals surface area contributed by atoms with Crippen molar-refractivity contribution in [2.75, 3.05) is 0 Å². The summed E-state index contributed by atoms with van der Waals surface area (Å²) in [5, 5.41) is 16.0. The van der Waals surface area contributed by atoms with Crippen LogP contribution in [0.2, 0.25) is 0 Å². The van der Waals surface area contributed by atoms with Gasteiger partial charge in [-0.3, -0.25) is 14.3 Å². The molecule has 2 N–H and O–H groups in total. The van der Waals surface area contributed by atoms with E-state index in [0.29, 0.717) is 18.0 Å². The highest BCUT2D eigenvalue weighted by Gasteiger charge is 2.25. The summed E-state index contributed by atoms with van der Waals surface area (Å²) >= 11 is 0.